The lowest BCUT2D eigenvalue weighted by molar-refractivity contribution is -0.384. The third kappa shape index (κ3) is 5.05. The van der Waals surface area contributed by atoms with E-state index in [0.717, 1.165) is 19.4 Å². The Morgan fingerprint density at radius 2 is 1.78 bits per heavy atom. The average Bonchev–Trinajstić information content (AvgIpc) is 3.19. The third-order valence-electron chi connectivity index (χ3n) is 4.83. The number of nitro groups is 1. The normalized spacial score (nSPS) is 15.0. The molecule has 0 radical (unpaired) electrons. The van der Waals surface area contributed by atoms with Crippen molar-refractivity contribution in [2.45, 2.75) is 37.1 Å². The molecule has 0 aliphatic heterocycles. The minimum Gasteiger partial charge on any atom is -0.379 e. The summed E-state index contributed by atoms with van der Waals surface area (Å²) in [7, 11) is -3.66. The van der Waals surface area contributed by atoms with E-state index in [9.17, 15) is 18.5 Å². The van der Waals surface area contributed by atoms with E-state index in [4.69, 9.17) is 0 Å². The molecule has 0 saturated heterocycles. The molecule has 0 spiro atoms. The van der Waals surface area contributed by atoms with E-state index in [0.29, 0.717) is 17.2 Å². The van der Waals surface area contributed by atoms with Gasteiger partial charge < -0.3 is 5.32 Å². The molecule has 2 N–H and O–H groups in total. The van der Waals surface area contributed by atoms with Gasteiger partial charge in [-0.15, -0.1) is 0 Å². The van der Waals surface area contributed by atoms with Crippen molar-refractivity contribution in [2.24, 2.45) is 5.92 Å². The summed E-state index contributed by atoms with van der Waals surface area (Å²) in [5, 5.41) is 14.6. The monoisotopic (exact) mass is 389 g/mol. The fraction of sp³-hybridized carbons (Fsp3) is 0.368. The highest BCUT2D eigenvalue weighted by atomic mass is 32.2. The summed E-state index contributed by atoms with van der Waals surface area (Å²) in [5.74, 6) is 0.557. The van der Waals surface area contributed by atoms with Crippen LogP contribution in [0.2, 0.25) is 0 Å². The number of nitro benzene ring substituents is 1. The predicted molar refractivity (Wildman–Crippen MR) is 104 cm³/mol. The van der Waals surface area contributed by atoms with E-state index in [1.54, 1.807) is 30.3 Å². The molecular formula is C19H23N3O4S. The van der Waals surface area contributed by atoms with Crippen molar-refractivity contribution in [3.63, 3.8) is 0 Å². The van der Waals surface area contributed by atoms with Crippen molar-refractivity contribution in [2.75, 3.05) is 11.9 Å². The molecule has 0 aromatic heterocycles. The molecule has 0 atom stereocenters. The molecule has 8 heteroatoms. The van der Waals surface area contributed by atoms with Crippen molar-refractivity contribution in [1.29, 1.82) is 0 Å². The quantitative estimate of drug-likeness (QED) is 0.530. The van der Waals surface area contributed by atoms with Crippen LogP contribution in [0.25, 0.3) is 0 Å². The summed E-state index contributed by atoms with van der Waals surface area (Å²) < 4.78 is 27.0. The Labute approximate surface area is 159 Å². The van der Waals surface area contributed by atoms with E-state index in [1.807, 2.05) is 0 Å². The average molecular weight is 389 g/mol. The van der Waals surface area contributed by atoms with Crippen LogP contribution in [0.4, 0.5) is 11.4 Å². The van der Waals surface area contributed by atoms with Crippen molar-refractivity contribution in [1.82, 2.24) is 4.72 Å². The van der Waals surface area contributed by atoms with Gasteiger partial charge in [0.1, 0.15) is 5.69 Å². The second kappa shape index (κ2) is 8.49. The molecule has 1 fully saturated rings. The van der Waals surface area contributed by atoms with E-state index < -0.39 is 14.9 Å². The predicted octanol–water partition coefficient (Wildman–Crippen LogP) is 3.68. The summed E-state index contributed by atoms with van der Waals surface area (Å²) in [5.41, 5.74) is 0.971. The highest BCUT2D eigenvalue weighted by Gasteiger charge is 2.19. The van der Waals surface area contributed by atoms with Crippen molar-refractivity contribution >= 4 is 21.4 Å². The van der Waals surface area contributed by atoms with E-state index in [1.165, 1.54) is 31.0 Å². The van der Waals surface area contributed by atoms with Gasteiger partial charge in [0, 0.05) is 19.2 Å². The minimum absolute atomic E-state index is 0.0129. The first-order valence-corrected chi connectivity index (χ1v) is 10.5. The summed E-state index contributed by atoms with van der Waals surface area (Å²) in [6.07, 6.45) is 4.74. The number of sulfonamides is 1. The van der Waals surface area contributed by atoms with E-state index in [2.05, 4.69) is 10.0 Å². The van der Waals surface area contributed by atoms with Gasteiger partial charge in [-0.05, 0) is 42.5 Å². The maximum Gasteiger partial charge on any atom is 0.292 e. The van der Waals surface area contributed by atoms with Crippen molar-refractivity contribution in [3.8, 4) is 0 Å². The topological polar surface area (TPSA) is 101 Å². The van der Waals surface area contributed by atoms with Crippen LogP contribution in [-0.2, 0) is 16.6 Å². The lowest BCUT2D eigenvalue weighted by atomic mass is 10.1. The van der Waals surface area contributed by atoms with Crippen LogP contribution >= 0.6 is 0 Å². The largest absolute Gasteiger partial charge is 0.379 e. The molecule has 144 valence electrons. The fourth-order valence-corrected chi connectivity index (χ4v) is 4.36. The maximum atomic E-state index is 12.3. The first-order chi connectivity index (χ1) is 13.0. The molecule has 7 nitrogen and oxygen atoms in total. The number of benzene rings is 2. The number of nitrogens with zero attached hydrogens (tertiary/aromatic N) is 1. The second-order valence-electron chi connectivity index (χ2n) is 6.78. The zero-order valence-corrected chi connectivity index (χ0v) is 15.7. The Hall–Kier alpha value is -2.45. The highest BCUT2D eigenvalue weighted by Crippen LogP contribution is 2.29. The molecule has 0 bridgehead atoms. The van der Waals surface area contributed by atoms with Crippen LogP contribution in [0.15, 0.2) is 53.4 Å². The highest BCUT2D eigenvalue weighted by molar-refractivity contribution is 7.89. The van der Waals surface area contributed by atoms with Gasteiger partial charge in [0.2, 0.25) is 10.0 Å². The van der Waals surface area contributed by atoms with Crippen LogP contribution < -0.4 is 10.0 Å². The third-order valence-corrected chi connectivity index (χ3v) is 6.25. The van der Waals surface area contributed by atoms with Gasteiger partial charge in [-0.3, -0.25) is 10.1 Å². The number of hydrogen-bond donors (Lipinski definition) is 2. The Balaban J connectivity index is 1.69. The number of rotatable bonds is 8. The molecular weight excluding hydrogens is 366 g/mol. The molecule has 0 heterocycles. The van der Waals surface area contributed by atoms with Gasteiger partial charge >= 0.3 is 0 Å². The maximum absolute atomic E-state index is 12.3. The molecule has 0 amide bonds. The lowest BCUT2D eigenvalue weighted by Crippen LogP contribution is -2.23. The first kappa shape index (κ1) is 19.3. The van der Waals surface area contributed by atoms with Crippen molar-refractivity contribution < 1.29 is 13.3 Å². The van der Waals surface area contributed by atoms with E-state index >= 15 is 0 Å². The van der Waals surface area contributed by atoms with Crippen LogP contribution in [0, 0.1) is 16.0 Å². The van der Waals surface area contributed by atoms with Crippen LogP contribution in [0.3, 0.4) is 0 Å². The standard InChI is InChI=1S/C19H23N3O4S/c23-22(24)19-12-16(10-11-18(19)20-13-15-6-4-5-7-15)14-21-27(25,26)17-8-2-1-3-9-17/h1-3,8-12,15,20-21H,4-7,13-14H2. The molecule has 0 unspecified atom stereocenters. The summed E-state index contributed by atoms with van der Waals surface area (Å²) in [6, 6.07) is 12.8. The van der Waals surface area contributed by atoms with Gasteiger partial charge in [-0.2, -0.15) is 0 Å². The Morgan fingerprint density at radius 1 is 1.07 bits per heavy atom. The van der Waals surface area contributed by atoms with Crippen LogP contribution in [0.1, 0.15) is 31.2 Å². The SMILES string of the molecule is O=[N+]([O-])c1cc(CNS(=O)(=O)c2ccccc2)ccc1NCC1CCCC1. The molecule has 1 aliphatic rings. The zero-order valence-electron chi connectivity index (χ0n) is 14.9. The Kier molecular flexibility index (Phi) is 6.08. The molecule has 1 saturated carbocycles. The Bertz CT molecular complexity index is 894. The smallest absolute Gasteiger partial charge is 0.292 e. The summed E-state index contributed by atoms with van der Waals surface area (Å²) in [6.45, 7) is 0.710. The summed E-state index contributed by atoms with van der Waals surface area (Å²) in [4.78, 5) is 11.1. The first-order valence-electron chi connectivity index (χ1n) is 9.01. The molecule has 2 aromatic rings. The number of nitrogens with one attached hydrogen (secondary N) is 2. The summed E-state index contributed by atoms with van der Waals surface area (Å²) >= 11 is 0. The van der Waals surface area contributed by atoms with Gasteiger partial charge in [-0.1, -0.05) is 37.1 Å². The van der Waals surface area contributed by atoms with Crippen molar-refractivity contribution in [3.05, 3.63) is 64.2 Å². The zero-order chi connectivity index (χ0) is 19.3. The van der Waals surface area contributed by atoms with Crippen LogP contribution in [0.5, 0.6) is 0 Å². The molecule has 2 aromatic carbocycles. The second-order valence-corrected chi connectivity index (χ2v) is 8.54. The van der Waals surface area contributed by atoms with Gasteiger partial charge in [0.05, 0.1) is 9.82 Å². The Morgan fingerprint density at radius 3 is 2.44 bits per heavy atom. The lowest BCUT2D eigenvalue weighted by Gasteiger charge is -2.13. The van der Waals surface area contributed by atoms with E-state index in [-0.39, 0.29) is 17.1 Å². The van der Waals surface area contributed by atoms with Crippen LogP contribution in [-0.4, -0.2) is 19.9 Å². The molecule has 3 rings (SSSR count). The molecule has 27 heavy (non-hydrogen) atoms. The number of anilines is 1. The molecule has 1 aliphatic carbocycles. The van der Waals surface area contributed by atoms with Gasteiger partial charge in [-0.25, -0.2) is 13.1 Å². The number of hydrogen-bond acceptors (Lipinski definition) is 5. The van der Waals surface area contributed by atoms with Gasteiger partial charge in [0.25, 0.3) is 5.69 Å². The minimum atomic E-state index is -3.66. The van der Waals surface area contributed by atoms with Gasteiger partial charge in [0.15, 0.2) is 0 Å². The fourth-order valence-electron chi connectivity index (χ4n) is 3.32.